The van der Waals surface area contributed by atoms with E-state index in [4.69, 9.17) is 5.73 Å². The number of aliphatic hydroxyl groups is 1. The van der Waals surface area contributed by atoms with E-state index in [9.17, 15) is 9.90 Å². The van der Waals surface area contributed by atoms with Gasteiger partial charge in [0.05, 0.1) is 0 Å². The zero-order valence-electron chi connectivity index (χ0n) is 9.98. The summed E-state index contributed by atoms with van der Waals surface area (Å²) < 4.78 is 0. The molecule has 1 amide bonds. The second kappa shape index (κ2) is 4.63. The Balaban J connectivity index is 2.18. The van der Waals surface area contributed by atoms with Crippen molar-refractivity contribution in [2.24, 2.45) is 5.73 Å². The van der Waals surface area contributed by atoms with Crippen LogP contribution >= 0.6 is 0 Å². The largest absolute Gasteiger partial charge is 0.376 e. The first kappa shape index (κ1) is 12.3. The zero-order chi connectivity index (χ0) is 12.4. The van der Waals surface area contributed by atoms with Crippen LogP contribution in [0.15, 0.2) is 24.3 Å². The predicted octanol–water partition coefficient (Wildman–Crippen LogP) is 0.969. The van der Waals surface area contributed by atoms with Gasteiger partial charge in [0.2, 0.25) is 5.91 Å². The molecule has 2 rings (SSSR count). The van der Waals surface area contributed by atoms with Gasteiger partial charge >= 0.3 is 0 Å². The zero-order valence-corrected chi connectivity index (χ0v) is 9.98. The first-order valence-electron chi connectivity index (χ1n) is 6.23. The monoisotopic (exact) mass is 236 g/mol. The Morgan fingerprint density at radius 2 is 1.76 bits per heavy atom. The predicted molar refractivity (Wildman–Crippen MR) is 66.0 cm³/mol. The smallest absolute Gasteiger partial charge is 0.245 e. The molecule has 0 aromatic rings. The van der Waals surface area contributed by atoms with Crippen LogP contribution in [0.1, 0.15) is 38.5 Å². The number of hydrogen-bond donors (Lipinski definition) is 3. The summed E-state index contributed by atoms with van der Waals surface area (Å²) in [5.41, 5.74) is 3.47. The third-order valence-electron chi connectivity index (χ3n) is 3.56. The van der Waals surface area contributed by atoms with Crippen LogP contribution < -0.4 is 11.1 Å². The number of carbonyl (C=O) groups excluding carboxylic acids is 1. The van der Waals surface area contributed by atoms with Crippen molar-refractivity contribution in [1.29, 1.82) is 0 Å². The van der Waals surface area contributed by atoms with Crippen LogP contribution in [-0.2, 0) is 4.79 Å². The minimum atomic E-state index is -1.02. The molecule has 4 N–H and O–H groups in total. The van der Waals surface area contributed by atoms with Gasteiger partial charge in [0.15, 0.2) is 0 Å². The van der Waals surface area contributed by atoms with Crippen LogP contribution in [0.2, 0.25) is 0 Å². The molecule has 0 aromatic heterocycles. The number of rotatable bonds is 3. The molecule has 0 unspecified atom stereocenters. The first-order chi connectivity index (χ1) is 8.06. The molecular weight excluding hydrogens is 216 g/mol. The number of primary amides is 1. The van der Waals surface area contributed by atoms with E-state index < -0.39 is 17.2 Å². The van der Waals surface area contributed by atoms with Crippen molar-refractivity contribution in [2.75, 3.05) is 0 Å². The lowest BCUT2D eigenvalue weighted by molar-refractivity contribution is -0.125. The summed E-state index contributed by atoms with van der Waals surface area (Å²) in [7, 11) is 0. The van der Waals surface area contributed by atoms with Crippen molar-refractivity contribution >= 4 is 5.91 Å². The van der Waals surface area contributed by atoms with Crippen LogP contribution in [0.25, 0.3) is 0 Å². The Morgan fingerprint density at radius 1 is 1.18 bits per heavy atom. The van der Waals surface area contributed by atoms with E-state index in [1.54, 1.807) is 12.2 Å². The van der Waals surface area contributed by atoms with E-state index in [-0.39, 0.29) is 0 Å². The van der Waals surface area contributed by atoms with E-state index in [0.717, 1.165) is 25.7 Å². The van der Waals surface area contributed by atoms with E-state index >= 15 is 0 Å². The SMILES string of the molecule is NC(=O)C1(NC2(O)CCCCC2)C=CCC=C1. The molecule has 0 heterocycles. The maximum atomic E-state index is 11.6. The summed E-state index contributed by atoms with van der Waals surface area (Å²) in [5.74, 6) is -0.469. The molecule has 1 saturated carbocycles. The number of amides is 1. The van der Waals surface area contributed by atoms with Crippen molar-refractivity contribution in [2.45, 2.75) is 49.8 Å². The molecule has 0 aromatic carbocycles. The number of nitrogens with two attached hydrogens (primary N) is 1. The van der Waals surface area contributed by atoms with Gasteiger partial charge in [-0.05, 0) is 32.1 Å². The lowest BCUT2D eigenvalue weighted by Gasteiger charge is -2.40. The van der Waals surface area contributed by atoms with Gasteiger partial charge in [0, 0.05) is 0 Å². The van der Waals surface area contributed by atoms with Gasteiger partial charge in [-0.1, -0.05) is 30.7 Å². The van der Waals surface area contributed by atoms with Crippen LogP contribution in [-0.4, -0.2) is 22.3 Å². The molecule has 17 heavy (non-hydrogen) atoms. The van der Waals surface area contributed by atoms with E-state index in [1.165, 1.54) is 0 Å². The Kier molecular flexibility index (Phi) is 3.35. The fraction of sp³-hybridized carbons (Fsp3) is 0.615. The van der Waals surface area contributed by atoms with Crippen LogP contribution in [0, 0.1) is 0 Å². The highest BCUT2D eigenvalue weighted by Crippen LogP contribution is 2.29. The molecule has 4 heteroatoms. The fourth-order valence-corrected chi connectivity index (χ4v) is 2.60. The maximum Gasteiger partial charge on any atom is 0.245 e. The molecule has 4 nitrogen and oxygen atoms in total. The maximum absolute atomic E-state index is 11.6. The molecule has 0 spiro atoms. The average Bonchev–Trinajstić information content (AvgIpc) is 2.30. The summed E-state index contributed by atoms with van der Waals surface area (Å²) >= 11 is 0. The second-order valence-electron chi connectivity index (χ2n) is 4.99. The van der Waals surface area contributed by atoms with Gasteiger partial charge in [-0.15, -0.1) is 0 Å². The highest BCUT2D eigenvalue weighted by atomic mass is 16.3. The fourth-order valence-electron chi connectivity index (χ4n) is 2.60. The molecule has 0 bridgehead atoms. The number of hydrogen-bond acceptors (Lipinski definition) is 3. The van der Waals surface area contributed by atoms with Gasteiger partial charge < -0.3 is 10.8 Å². The van der Waals surface area contributed by atoms with Crippen molar-refractivity contribution in [3.8, 4) is 0 Å². The lowest BCUT2D eigenvalue weighted by atomic mass is 9.86. The van der Waals surface area contributed by atoms with E-state index in [2.05, 4.69) is 5.32 Å². The number of carbonyl (C=O) groups is 1. The van der Waals surface area contributed by atoms with E-state index in [1.807, 2.05) is 12.2 Å². The van der Waals surface area contributed by atoms with Crippen molar-refractivity contribution in [3.63, 3.8) is 0 Å². The number of nitrogens with one attached hydrogen (secondary N) is 1. The van der Waals surface area contributed by atoms with E-state index in [0.29, 0.717) is 12.8 Å². The topological polar surface area (TPSA) is 75.4 Å². The Labute approximate surface area is 102 Å². The van der Waals surface area contributed by atoms with Crippen LogP contribution in [0.4, 0.5) is 0 Å². The number of allylic oxidation sites excluding steroid dienone is 2. The standard InChI is InChI=1S/C13H20N2O2/c14-11(16)12(7-3-1-4-8-12)15-13(17)9-5-2-6-10-13/h3-4,7-8,15,17H,1-2,5-6,9-10H2,(H2,14,16). The van der Waals surface area contributed by atoms with Crippen LogP contribution in [0.5, 0.6) is 0 Å². The van der Waals surface area contributed by atoms with Crippen LogP contribution in [0.3, 0.4) is 0 Å². The Bertz CT molecular complexity index is 342. The summed E-state index contributed by atoms with van der Waals surface area (Å²) in [4.78, 5) is 11.6. The molecule has 94 valence electrons. The molecule has 1 fully saturated rings. The summed E-state index contributed by atoms with van der Waals surface area (Å²) in [6, 6.07) is 0. The summed E-state index contributed by atoms with van der Waals surface area (Å²) in [5, 5.41) is 13.5. The molecule has 0 saturated heterocycles. The van der Waals surface area contributed by atoms with Gasteiger partial charge in [0.1, 0.15) is 11.3 Å². The van der Waals surface area contributed by atoms with Gasteiger partial charge in [-0.3, -0.25) is 10.1 Å². The lowest BCUT2D eigenvalue weighted by Crippen LogP contribution is -2.63. The minimum Gasteiger partial charge on any atom is -0.376 e. The quantitative estimate of drug-likeness (QED) is 0.505. The van der Waals surface area contributed by atoms with Crippen molar-refractivity contribution < 1.29 is 9.90 Å². The summed E-state index contributed by atoms with van der Waals surface area (Å²) in [6.45, 7) is 0. The Morgan fingerprint density at radius 3 is 2.29 bits per heavy atom. The highest BCUT2D eigenvalue weighted by molar-refractivity contribution is 5.90. The van der Waals surface area contributed by atoms with Gasteiger partial charge in [-0.2, -0.15) is 0 Å². The molecule has 0 atom stereocenters. The molecular formula is C13H20N2O2. The first-order valence-corrected chi connectivity index (χ1v) is 6.23. The molecule has 0 aliphatic heterocycles. The second-order valence-corrected chi connectivity index (χ2v) is 4.99. The van der Waals surface area contributed by atoms with Gasteiger partial charge in [-0.25, -0.2) is 0 Å². The Hall–Kier alpha value is -1.13. The van der Waals surface area contributed by atoms with Crippen molar-refractivity contribution in [1.82, 2.24) is 5.32 Å². The average molecular weight is 236 g/mol. The molecule has 2 aliphatic rings. The normalized spacial score (nSPS) is 25.7. The van der Waals surface area contributed by atoms with Crippen molar-refractivity contribution in [3.05, 3.63) is 24.3 Å². The highest BCUT2D eigenvalue weighted by Gasteiger charge is 2.41. The molecule has 2 aliphatic carbocycles. The minimum absolute atomic E-state index is 0.469. The molecule has 0 radical (unpaired) electrons. The third kappa shape index (κ3) is 2.58. The van der Waals surface area contributed by atoms with Gasteiger partial charge in [0.25, 0.3) is 0 Å². The summed E-state index contributed by atoms with van der Waals surface area (Å²) in [6.07, 6.45) is 12.5. The third-order valence-corrected chi connectivity index (χ3v) is 3.56.